The van der Waals surface area contributed by atoms with Gasteiger partial charge in [-0.05, 0) is 41.7 Å². The highest BCUT2D eigenvalue weighted by Crippen LogP contribution is 2.45. The van der Waals surface area contributed by atoms with Crippen LogP contribution in [-0.2, 0) is 33.8 Å². The number of fused-ring (bicyclic) bond motifs is 1. The van der Waals surface area contributed by atoms with Gasteiger partial charge in [0, 0.05) is 14.1 Å². The lowest BCUT2D eigenvalue weighted by atomic mass is 9.85. The highest BCUT2D eigenvalue weighted by Gasteiger charge is 2.57. The smallest absolute Gasteiger partial charge is 0.394 e. The lowest BCUT2D eigenvalue weighted by molar-refractivity contribution is -0.265. The summed E-state index contributed by atoms with van der Waals surface area (Å²) in [7, 11) is 5.27. The standard InChI is InChI=1S/C33H37F3N2O4S/c1-38(2)32-37-27-29(40-20-23-10-6-4-7-11-23)30(41-21-24-12-8-5-9-13-24)28(42-31(27)43-32)26(33(34,35)36)19-16-22-14-17-25(39-3)18-15-22/h4-15,17-18,26-31H,16,19-21H2,1-3H3/t26-,27-,28-,29-,30-,31-/m1/s1. The van der Waals surface area contributed by atoms with Crippen LogP contribution >= 0.6 is 11.8 Å². The summed E-state index contributed by atoms with van der Waals surface area (Å²) in [4.78, 5) is 6.70. The van der Waals surface area contributed by atoms with E-state index in [0.717, 1.165) is 16.7 Å². The number of hydrogen-bond acceptors (Lipinski definition) is 7. The fraction of sp³-hybridized carbons (Fsp3) is 0.424. The van der Waals surface area contributed by atoms with Crippen molar-refractivity contribution in [2.75, 3.05) is 21.2 Å². The van der Waals surface area contributed by atoms with Gasteiger partial charge in [-0.1, -0.05) is 84.6 Å². The van der Waals surface area contributed by atoms with E-state index in [1.807, 2.05) is 79.7 Å². The highest BCUT2D eigenvalue weighted by atomic mass is 32.2. The summed E-state index contributed by atoms with van der Waals surface area (Å²) in [5.74, 6) is -1.14. The van der Waals surface area contributed by atoms with E-state index < -0.39 is 41.9 Å². The first-order chi connectivity index (χ1) is 20.7. The Hall–Kier alpha value is -3.05. The molecule has 0 spiro atoms. The van der Waals surface area contributed by atoms with Crippen LogP contribution < -0.4 is 4.74 Å². The van der Waals surface area contributed by atoms with E-state index in [4.69, 9.17) is 23.9 Å². The largest absolute Gasteiger partial charge is 0.497 e. The number of benzene rings is 3. The highest BCUT2D eigenvalue weighted by molar-refractivity contribution is 8.14. The molecule has 0 aromatic heterocycles. The monoisotopic (exact) mass is 614 g/mol. The van der Waals surface area contributed by atoms with Crippen molar-refractivity contribution in [1.82, 2.24) is 4.90 Å². The van der Waals surface area contributed by atoms with E-state index in [1.54, 1.807) is 31.4 Å². The minimum atomic E-state index is -4.53. The molecule has 230 valence electrons. The summed E-state index contributed by atoms with van der Waals surface area (Å²) in [6, 6.07) is 25.6. The lowest BCUT2D eigenvalue weighted by Crippen LogP contribution is -2.60. The Kier molecular flexibility index (Phi) is 10.3. The van der Waals surface area contributed by atoms with Crippen molar-refractivity contribution in [2.24, 2.45) is 10.9 Å². The average molecular weight is 615 g/mol. The number of alkyl halides is 3. The lowest BCUT2D eigenvalue weighted by Gasteiger charge is -2.45. The third-order valence-corrected chi connectivity index (χ3v) is 9.01. The number of methoxy groups -OCH3 is 1. The molecule has 0 radical (unpaired) electrons. The minimum absolute atomic E-state index is 0.119. The average Bonchev–Trinajstić information content (AvgIpc) is 3.44. The second-order valence-corrected chi connectivity index (χ2v) is 12.0. The molecule has 0 unspecified atom stereocenters. The van der Waals surface area contributed by atoms with Gasteiger partial charge < -0.3 is 23.8 Å². The summed E-state index contributed by atoms with van der Waals surface area (Å²) in [6.45, 7) is 0.334. The van der Waals surface area contributed by atoms with Crippen LogP contribution in [0.4, 0.5) is 13.2 Å². The van der Waals surface area contributed by atoms with Crippen molar-refractivity contribution >= 4 is 16.9 Å². The molecule has 1 fully saturated rings. The number of amidine groups is 1. The number of aryl methyl sites for hydroxylation is 1. The number of nitrogens with zero attached hydrogens (tertiary/aromatic N) is 2. The number of hydrogen-bond donors (Lipinski definition) is 0. The Morgan fingerprint density at radius 1 is 0.837 bits per heavy atom. The molecule has 3 aromatic rings. The van der Waals surface area contributed by atoms with Crippen molar-refractivity contribution in [3.8, 4) is 5.75 Å². The van der Waals surface area contributed by atoms with E-state index in [-0.39, 0.29) is 26.1 Å². The molecular weight excluding hydrogens is 577 g/mol. The van der Waals surface area contributed by atoms with Gasteiger partial charge in [0.1, 0.15) is 29.4 Å². The van der Waals surface area contributed by atoms with Gasteiger partial charge in [-0.15, -0.1) is 0 Å². The fourth-order valence-electron chi connectivity index (χ4n) is 5.43. The third-order valence-electron chi connectivity index (χ3n) is 7.71. The second-order valence-electron chi connectivity index (χ2n) is 10.9. The van der Waals surface area contributed by atoms with E-state index in [0.29, 0.717) is 10.9 Å². The maximum Gasteiger partial charge on any atom is 0.394 e. The van der Waals surface area contributed by atoms with Crippen LogP contribution in [0.15, 0.2) is 89.9 Å². The third kappa shape index (κ3) is 7.92. The van der Waals surface area contributed by atoms with Gasteiger partial charge in [-0.2, -0.15) is 13.2 Å². The molecule has 1 saturated heterocycles. The molecule has 0 aliphatic carbocycles. The number of thioether (sulfide) groups is 1. The zero-order chi connectivity index (χ0) is 30.4. The molecule has 0 N–H and O–H groups in total. The van der Waals surface area contributed by atoms with Crippen molar-refractivity contribution in [1.29, 1.82) is 0 Å². The Labute approximate surface area is 255 Å². The molecule has 10 heteroatoms. The zero-order valence-corrected chi connectivity index (χ0v) is 25.3. The van der Waals surface area contributed by atoms with Crippen LogP contribution in [0.2, 0.25) is 0 Å². The predicted molar refractivity (Wildman–Crippen MR) is 162 cm³/mol. The normalized spacial score (nSPS) is 24.2. The quantitative estimate of drug-likeness (QED) is 0.239. The van der Waals surface area contributed by atoms with Crippen LogP contribution in [0.5, 0.6) is 5.75 Å². The van der Waals surface area contributed by atoms with Gasteiger partial charge >= 0.3 is 6.18 Å². The molecule has 0 amide bonds. The fourth-order valence-corrected chi connectivity index (χ4v) is 6.57. The number of halogens is 3. The first-order valence-corrected chi connectivity index (χ1v) is 15.2. The molecule has 0 saturated carbocycles. The Morgan fingerprint density at radius 3 is 1.95 bits per heavy atom. The molecule has 3 aromatic carbocycles. The molecule has 6 nitrogen and oxygen atoms in total. The molecule has 2 aliphatic rings. The number of rotatable bonds is 11. The van der Waals surface area contributed by atoms with Crippen LogP contribution in [0.3, 0.4) is 0 Å². The van der Waals surface area contributed by atoms with Crippen LogP contribution in [0.1, 0.15) is 23.1 Å². The van der Waals surface area contributed by atoms with Crippen molar-refractivity contribution in [3.05, 3.63) is 102 Å². The summed E-state index contributed by atoms with van der Waals surface area (Å²) >= 11 is 1.33. The number of aliphatic imine (C=N–C) groups is 1. The van der Waals surface area contributed by atoms with Crippen LogP contribution in [0.25, 0.3) is 0 Å². The van der Waals surface area contributed by atoms with Gasteiger partial charge in [0.15, 0.2) is 5.17 Å². The Morgan fingerprint density at radius 2 is 1.42 bits per heavy atom. The minimum Gasteiger partial charge on any atom is -0.497 e. The van der Waals surface area contributed by atoms with Crippen molar-refractivity contribution in [3.63, 3.8) is 0 Å². The van der Waals surface area contributed by atoms with E-state index >= 15 is 0 Å². The van der Waals surface area contributed by atoms with E-state index in [2.05, 4.69) is 0 Å². The molecule has 43 heavy (non-hydrogen) atoms. The molecular formula is C33H37F3N2O4S. The van der Waals surface area contributed by atoms with Crippen LogP contribution in [0, 0.1) is 5.92 Å². The van der Waals surface area contributed by atoms with Crippen molar-refractivity contribution < 1.29 is 32.1 Å². The number of ether oxygens (including phenoxy) is 4. The Bertz CT molecular complexity index is 1330. The van der Waals surface area contributed by atoms with Crippen molar-refractivity contribution in [2.45, 2.75) is 62.0 Å². The maximum absolute atomic E-state index is 14.9. The topological polar surface area (TPSA) is 52.5 Å². The molecule has 2 heterocycles. The zero-order valence-electron chi connectivity index (χ0n) is 24.4. The van der Waals surface area contributed by atoms with Gasteiger partial charge in [-0.25, -0.2) is 0 Å². The first kappa shape index (κ1) is 31.4. The maximum atomic E-state index is 14.9. The first-order valence-electron chi connectivity index (χ1n) is 14.3. The van der Waals surface area contributed by atoms with E-state index in [9.17, 15) is 13.2 Å². The SMILES string of the molecule is COc1ccc(CC[C@H]([C@H]2O[C@@H]3SC(N(C)C)=N[C@@H]3[C@@H](OCc3ccccc3)[C@@H]2OCc2ccccc2)C(F)(F)F)cc1. The predicted octanol–water partition coefficient (Wildman–Crippen LogP) is 6.74. The van der Waals surface area contributed by atoms with Gasteiger partial charge in [0.05, 0.1) is 32.3 Å². The molecule has 5 rings (SSSR count). The molecule has 6 atom stereocenters. The Balaban J connectivity index is 1.47. The summed E-state index contributed by atoms with van der Waals surface area (Å²) < 4.78 is 69.3. The summed E-state index contributed by atoms with van der Waals surface area (Å²) in [5.41, 5.74) is 1.92. The van der Waals surface area contributed by atoms with Gasteiger partial charge in [0.25, 0.3) is 0 Å². The van der Waals surface area contributed by atoms with Gasteiger partial charge in [0.2, 0.25) is 0 Å². The van der Waals surface area contributed by atoms with E-state index in [1.165, 1.54) is 11.8 Å². The van der Waals surface area contributed by atoms with Crippen LogP contribution in [-0.4, -0.2) is 67.2 Å². The van der Waals surface area contributed by atoms with Gasteiger partial charge in [-0.3, -0.25) is 4.99 Å². The molecule has 0 bridgehead atoms. The summed E-state index contributed by atoms with van der Waals surface area (Å²) in [5, 5.41) is 0.688. The second kappa shape index (κ2) is 14.2. The summed E-state index contributed by atoms with van der Waals surface area (Å²) in [6.07, 6.45) is -7.55. The molecule has 2 aliphatic heterocycles.